The largest absolute Gasteiger partial charge is 0.344 e. The molecule has 1 amide bonds. The van der Waals surface area contributed by atoms with Gasteiger partial charge in [-0.3, -0.25) is 4.79 Å². The van der Waals surface area contributed by atoms with Crippen LogP contribution in [0.1, 0.15) is 30.6 Å². The van der Waals surface area contributed by atoms with Crippen LogP contribution in [0, 0.1) is 5.82 Å². The molecule has 1 aliphatic rings. The number of amides is 1. The van der Waals surface area contributed by atoms with Gasteiger partial charge in [-0.15, -0.1) is 11.6 Å². The number of benzene rings is 1. The number of nitrogens with zero attached hydrogens (tertiary/aromatic N) is 3. The minimum Gasteiger partial charge on any atom is -0.344 e. The summed E-state index contributed by atoms with van der Waals surface area (Å²) in [6.45, 7) is 2.50. The second-order valence-corrected chi connectivity index (χ2v) is 6.78. The molecule has 112 valence electrons. The Morgan fingerprint density at radius 1 is 1.52 bits per heavy atom. The van der Waals surface area contributed by atoms with Crippen molar-refractivity contribution in [1.82, 2.24) is 14.5 Å². The second-order valence-electron chi connectivity index (χ2n) is 5.28. The third-order valence-corrected chi connectivity index (χ3v) is 4.63. The van der Waals surface area contributed by atoms with E-state index in [1.54, 1.807) is 24.9 Å². The number of carbonyl (C=O) groups excluding carboxylic acids is 1. The summed E-state index contributed by atoms with van der Waals surface area (Å²) in [7, 11) is 1.78. The molecule has 7 heteroatoms. The van der Waals surface area contributed by atoms with Crippen molar-refractivity contribution >= 4 is 44.5 Å². The molecule has 1 fully saturated rings. The minimum absolute atomic E-state index is 0.0355. The summed E-state index contributed by atoms with van der Waals surface area (Å²) in [5.41, 5.74) is 1.24. The van der Waals surface area contributed by atoms with Crippen molar-refractivity contribution in [3.05, 3.63) is 28.2 Å². The number of carbonyl (C=O) groups is 1. The maximum absolute atomic E-state index is 13.7. The highest BCUT2D eigenvalue weighted by Crippen LogP contribution is 2.34. The molecule has 1 aromatic carbocycles. The first-order chi connectivity index (χ1) is 9.90. The molecule has 0 radical (unpaired) electrons. The zero-order valence-corrected chi connectivity index (χ0v) is 13.9. The van der Waals surface area contributed by atoms with Gasteiger partial charge in [0.1, 0.15) is 17.7 Å². The Morgan fingerprint density at radius 3 is 2.81 bits per heavy atom. The van der Waals surface area contributed by atoms with Crippen LogP contribution in [-0.4, -0.2) is 34.0 Å². The average Bonchev–Trinajstić information content (AvgIpc) is 2.93. The summed E-state index contributed by atoms with van der Waals surface area (Å²) >= 11 is 9.40. The standard InChI is InChI=1S/C14H14BrClFN3O/c1-7(16)13-18-10-6-9(17)8(15)5-12(10)20(13)11-3-4-19(2)14(11)21/h5-7,11H,3-4H2,1-2H3. The summed E-state index contributed by atoms with van der Waals surface area (Å²) in [6, 6.07) is 2.70. The van der Waals surface area contributed by atoms with E-state index in [4.69, 9.17) is 11.6 Å². The van der Waals surface area contributed by atoms with Gasteiger partial charge in [0.25, 0.3) is 0 Å². The lowest BCUT2D eigenvalue weighted by molar-refractivity contribution is -0.129. The molecule has 0 bridgehead atoms. The summed E-state index contributed by atoms with van der Waals surface area (Å²) in [5, 5.41) is -0.363. The van der Waals surface area contributed by atoms with Crippen molar-refractivity contribution in [2.24, 2.45) is 0 Å². The summed E-state index contributed by atoms with van der Waals surface area (Å²) in [4.78, 5) is 18.4. The first-order valence-electron chi connectivity index (χ1n) is 6.66. The first-order valence-corrected chi connectivity index (χ1v) is 7.89. The van der Waals surface area contributed by atoms with Crippen molar-refractivity contribution in [3.63, 3.8) is 0 Å². The van der Waals surface area contributed by atoms with E-state index < -0.39 is 0 Å². The monoisotopic (exact) mass is 373 g/mol. The Bertz CT molecular complexity index is 731. The van der Waals surface area contributed by atoms with Gasteiger partial charge in [-0.2, -0.15) is 0 Å². The summed E-state index contributed by atoms with van der Waals surface area (Å²) < 4.78 is 15.9. The van der Waals surface area contributed by atoms with E-state index in [0.29, 0.717) is 28.8 Å². The van der Waals surface area contributed by atoms with Gasteiger partial charge < -0.3 is 9.47 Å². The molecule has 1 aliphatic heterocycles. The lowest BCUT2D eigenvalue weighted by atomic mass is 10.2. The van der Waals surface area contributed by atoms with Crippen LogP contribution in [0.2, 0.25) is 0 Å². The highest BCUT2D eigenvalue weighted by molar-refractivity contribution is 9.10. The fraction of sp³-hybridized carbons (Fsp3) is 0.429. The number of hydrogen-bond donors (Lipinski definition) is 0. The molecular formula is C14H14BrClFN3O. The van der Waals surface area contributed by atoms with Crippen molar-refractivity contribution in [2.75, 3.05) is 13.6 Å². The highest BCUT2D eigenvalue weighted by atomic mass is 79.9. The van der Waals surface area contributed by atoms with E-state index in [0.717, 1.165) is 5.52 Å². The number of likely N-dealkylation sites (N-methyl/N-ethyl adjacent to an activating group) is 1. The molecule has 1 aromatic heterocycles. The van der Waals surface area contributed by atoms with Crippen LogP contribution >= 0.6 is 27.5 Å². The quantitative estimate of drug-likeness (QED) is 0.753. The predicted octanol–water partition coefficient (Wildman–Crippen LogP) is 3.64. The Labute approximate surface area is 135 Å². The fourth-order valence-electron chi connectivity index (χ4n) is 2.76. The molecule has 3 rings (SSSR count). The smallest absolute Gasteiger partial charge is 0.245 e. The van der Waals surface area contributed by atoms with Gasteiger partial charge in [0.2, 0.25) is 5.91 Å². The number of rotatable bonds is 2. The molecule has 0 spiro atoms. The van der Waals surface area contributed by atoms with Crippen molar-refractivity contribution in [3.8, 4) is 0 Å². The Hall–Kier alpha value is -1.14. The van der Waals surface area contributed by atoms with Gasteiger partial charge in [0.05, 0.1) is 20.9 Å². The SMILES string of the molecule is CC(Cl)c1nc2cc(F)c(Br)cc2n1C1CCN(C)C1=O. The van der Waals surface area contributed by atoms with Crippen LogP contribution in [0.25, 0.3) is 11.0 Å². The Morgan fingerprint density at radius 2 is 2.24 bits per heavy atom. The topological polar surface area (TPSA) is 38.1 Å². The molecular weight excluding hydrogens is 361 g/mol. The van der Waals surface area contributed by atoms with Gasteiger partial charge in [-0.1, -0.05) is 0 Å². The van der Waals surface area contributed by atoms with Gasteiger partial charge in [-0.05, 0) is 35.3 Å². The summed E-state index contributed by atoms with van der Waals surface area (Å²) in [6.07, 6.45) is 0.701. The Kier molecular flexibility index (Phi) is 3.69. The third-order valence-electron chi connectivity index (χ3n) is 3.83. The maximum Gasteiger partial charge on any atom is 0.245 e. The van der Waals surface area contributed by atoms with E-state index in [-0.39, 0.29) is 23.1 Å². The molecule has 2 heterocycles. The predicted molar refractivity (Wildman–Crippen MR) is 83.0 cm³/mol. The van der Waals surface area contributed by atoms with Crippen LogP contribution in [0.4, 0.5) is 4.39 Å². The number of alkyl halides is 1. The van der Waals surface area contributed by atoms with Crippen LogP contribution in [0.5, 0.6) is 0 Å². The van der Waals surface area contributed by atoms with Gasteiger partial charge in [0.15, 0.2) is 0 Å². The molecule has 21 heavy (non-hydrogen) atoms. The molecule has 2 aromatic rings. The number of imidazole rings is 1. The lowest BCUT2D eigenvalue weighted by Crippen LogP contribution is -2.25. The first kappa shape index (κ1) is 14.8. The normalized spacial score (nSPS) is 20.5. The third kappa shape index (κ3) is 2.34. The van der Waals surface area contributed by atoms with Crippen LogP contribution in [-0.2, 0) is 4.79 Å². The minimum atomic E-state index is -0.379. The zero-order valence-electron chi connectivity index (χ0n) is 11.6. The van der Waals surface area contributed by atoms with E-state index in [9.17, 15) is 9.18 Å². The maximum atomic E-state index is 13.7. The molecule has 0 N–H and O–H groups in total. The summed E-state index contributed by atoms with van der Waals surface area (Å²) in [5.74, 6) is 0.252. The number of hydrogen-bond acceptors (Lipinski definition) is 2. The van der Waals surface area contributed by atoms with E-state index in [1.807, 2.05) is 4.57 Å². The number of likely N-dealkylation sites (tertiary alicyclic amines) is 1. The molecule has 0 saturated carbocycles. The van der Waals surface area contributed by atoms with Crippen LogP contribution in [0.15, 0.2) is 16.6 Å². The number of fused-ring (bicyclic) bond motifs is 1. The van der Waals surface area contributed by atoms with Gasteiger partial charge in [0, 0.05) is 19.7 Å². The average molecular weight is 375 g/mol. The van der Waals surface area contributed by atoms with E-state index in [1.165, 1.54) is 6.07 Å². The highest BCUT2D eigenvalue weighted by Gasteiger charge is 2.34. The molecule has 0 aliphatic carbocycles. The van der Waals surface area contributed by atoms with Crippen molar-refractivity contribution in [1.29, 1.82) is 0 Å². The van der Waals surface area contributed by atoms with Crippen molar-refractivity contribution < 1.29 is 9.18 Å². The molecule has 2 atom stereocenters. The number of halogens is 3. The number of aromatic nitrogens is 2. The van der Waals surface area contributed by atoms with E-state index in [2.05, 4.69) is 20.9 Å². The van der Waals surface area contributed by atoms with Gasteiger partial charge in [-0.25, -0.2) is 9.37 Å². The zero-order chi connectivity index (χ0) is 15.3. The van der Waals surface area contributed by atoms with Crippen LogP contribution in [0.3, 0.4) is 0 Å². The molecule has 4 nitrogen and oxygen atoms in total. The van der Waals surface area contributed by atoms with E-state index >= 15 is 0 Å². The van der Waals surface area contributed by atoms with Crippen molar-refractivity contribution in [2.45, 2.75) is 24.8 Å². The van der Waals surface area contributed by atoms with Crippen LogP contribution < -0.4 is 0 Å². The fourth-order valence-corrected chi connectivity index (χ4v) is 3.25. The molecule has 2 unspecified atom stereocenters. The second kappa shape index (κ2) is 5.25. The lowest BCUT2D eigenvalue weighted by Gasteiger charge is -2.17. The molecule has 1 saturated heterocycles. The van der Waals surface area contributed by atoms with Gasteiger partial charge >= 0.3 is 0 Å². The Balaban J connectivity index is 2.26.